The second-order valence-electron chi connectivity index (χ2n) is 7.75. The molecule has 162 valence electrons. The van der Waals surface area contributed by atoms with E-state index in [1.165, 1.54) is 17.0 Å². The van der Waals surface area contributed by atoms with Crippen LogP contribution in [0.5, 0.6) is 5.75 Å². The van der Waals surface area contributed by atoms with Crippen molar-refractivity contribution in [1.82, 2.24) is 10.2 Å². The van der Waals surface area contributed by atoms with Crippen molar-refractivity contribution >= 4 is 15.9 Å². The highest BCUT2D eigenvalue weighted by Crippen LogP contribution is 2.36. The van der Waals surface area contributed by atoms with Crippen molar-refractivity contribution in [3.05, 3.63) is 24.3 Å². The fourth-order valence-electron chi connectivity index (χ4n) is 3.90. The molecule has 0 bridgehead atoms. The summed E-state index contributed by atoms with van der Waals surface area (Å²) in [5, 5.41) is 23.2. The minimum Gasteiger partial charge on any atom is -0.491 e. The number of nitrogens with one attached hydrogen (secondary N) is 1. The number of aliphatic hydroxyl groups is 1. The zero-order valence-corrected chi connectivity index (χ0v) is 17.2. The van der Waals surface area contributed by atoms with E-state index < -0.39 is 22.0 Å². The molecule has 3 rings (SSSR count). The lowest BCUT2D eigenvalue weighted by Crippen LogP contribution is -2.47. The van der Waals surface area contributed by atoms with Gasteiger partial charge in [-0.15, -0.1) is 0 Å². The van der Waals surface area contributed by atoms with E-state index in [1.807, 2.05) is 0 Å². The SMILES string of the molecule is CS(=O)(=O)c1cccc(OC[C@@H](O)CN(C(=O)O)[C@H]2COC3(CCNCC3)C2)c1. The summed E-state index contributed by atoms with van der Waals surface area (Å²) < 4.78 is 34.7. The lowest BCUT2D eigenvalue weighted by Gasteiger charge is -2.34. The lowest BCUT2D eigenvalue weighted by atomic mass is 9.88. The van der Waals surface area contributed by atoms with Crippen LogP contribution in [0.15, 0.2) is 29.2 Å². The second-order valence-corrected chi connectivity index (χ2v) is 9.76. The molecule has 3 N–H and O–H groups in total. The second kappa shape index (κ2) is 8.86. The van der Waals surface area contributed by atoms with Gasteiger partial charge in [0.15, 0.2) is 9.84 Å². The lowest BCUT2D eigenvalue weighted by molar-refractivity contribution is -0.0205. The molecule has 0 aromatic heterocycles. The van der Waals surface area contributed by atoms with Gasteiger partial charge in [0, 0.05) is 6.26 Å². The Hall–Kier alpha value is -1.88. The number of sulfone groups is 1. The van der Waals surface area contributed by atoms with Gasteiger partial charge in [0.05, 0.1) is 29.7 Å². The molecule has 1 amide bonds. The number of piperidine rings is 1. The number of rotatable bonds is 7. The summed E-state index contributed by atoms with van der Waals surface area (Å²) in [6.07, 6.45) is 1.24. The van der Waals surface area contributed by atoms with Gasteiger partial charge in [-0.25, -0.2) is 13.2 Å². The molecule has 2 aliphatic heterocycles. The van der Waals surface area contributed by atoms with Gasteiger partial charge < -0.3 is 29.9 Å². The topological polar surface area (TPSA) is 125 Å². The molecule has 0 aliphatic carbocycles. The third kappa shape index (κ3) is 5.59. The zero-order valence-electron chi connectivity index (χ0n) is 16.4. The van der Waals surface area contributed by atoms with Crippen LogP contribution >= 0.6 is 0 Å². The first-order valence-corrected chi connectivity index (χ1v) is 11.5. The van der Waals surface area contributed by atoms with Crippen LogP contribution in [0, 0.1) is 0 Å². The van der Waals surface area contributed by atoms with Crippen molar-refractivity contribution in [2.45, 2.75) is 41.9 Å². The number of aliphatic hydroxyl groups excluding tert-OH is 1. The molecule has 1 spiro atoms. The van der Waals surface area contributed by atoms with Crippen LogP contribution in [0.2, 0.25) is 0 Å². The van der Waals surface area contributed by atoms with E-state index in [0.29, 0.717) is 18.8 Å². The number of nitrogens with zero attached hydrogens (tertiary/aromatic N) is 1. The van der Waals surface area contributed by atoms with Gasteiger partial charge in [0.1, 0.15) is 18.5 Å². The van der Waals surface area contributed by atoms with Gasteiger partial charge >= 0.3 is 6.09 Å². The van der Waals surface area contributed by atoms with Crippen molar-refractivity contribution < 1.29 is 32.9 Å². The van der Waals surface area contributed by atoms with E-state index in [1.54, 1.807) is 12.1 Å². The molecule has 0 unspecified atom stereocenters. The first-order chi connectivity index (χ1) is 13.7. The summed E-state index contributed by atoms with van der Waals surface area (Å²) in [5.74, 6) is 0.298. The molecule has 2 atom stereocenters. The van der Waals surface area contributed by atoms with Crippen LogP contribution in [0.3, 0.4) is 0 Å². The molecule has 9 nitrogen and oxygen atoms in total. The quantitative estimate of drug-likeness (QED) is 0.580. The smallest absolute Gasteiger partial charge is 0.407 e. The average molecular weight is 429 g/mol. The summed E-state index contributed by atoms with van der Waals surface area (Å²) >= 11 is 0. The van der Waals surface area contributed by atoms with Crippen LogP contribution in [0.25, 0.3) is 0 Å². The van der Waals surface area contributed by atoms with Crippen molar-refractivity contribution in [3.63, 3.8) is 0 Å². The third-order valence-corrected chi connectivity index (χ3v) is 6.58. The molecule has 2 fully saturated rings. The summed E-state index contributed by atoms with van der Waals surface area (Å²) in [7, 11) is -3.37. The zero-order chi connectivity index (χ0) is 21.1. The molecule has 2 aliphatic rings. The standard InChI is InChI=1S/C19H28N2O7S/c1-29(25,26)17-4-2-3-16(9-17)27-13-15(22)11-21(18(23)24)14-10-19(28-12-14)5-7-20-8-6-19/h2-4,9,14-15,20,22H,5-8,10-13H2,1H3,(H,23,24)/t14-,15+/m1/s1. The number of hydrogen-bond donors (Lipinski definition) is 3. The number of carboxylic acid groups (broad SMARTS) is 1. The summed E-state index contributed by atoms with van der Waals surface area (Å²) in [6.45, 7) is 1.75. The molecule has 10 heteroatoms. The van der Waals surface area contributed by atoms with E-state index in [2.05, 4.69) is 5.32 Å². The van der Waals surface area contributed by atoms with E-state index in [0.717, 1.165) is 32.2 Å². The highest BCUT2D eigenvalue weighted by Gasteiger charge is 2.44. The van der Waals surface area contributed by atoms with Crippen LogP contribution in [-0.2, 0) is 14.6 Å². The summed E-state index contributed by atoms with van der Waals surface area (Å²) in [5.41, 5.74) is -0.281. The average Bonchev–Trinajstić information content (AvgIpc) is 3.07. The number of hydrogen-bond acceptors (Lipinski definition) is 7. The number of carbonyl (C=O) groups is 1. The Morgan fingerprint density at radius 1 is 1.41 bits per heavy atom. The van der Waals surface area contributed by atoms with Gasteiger partial charge in [-0.3, -0.25) is 0 Å². The largest absolute Gasteiger partial charge is 0.491 e. The maximum Gasteiger partial charge on any atom is 0.407 e. The number of amides is 1. The highest BCUT2D eigenvalue weighted by atomic mass is 32.2. The van der Waals surface area contributed by atoms with Crippen molar-refractivity contribution in [1.29, 1.82) is 0 Å². The van der Waals surface area contributed by atoms with E-state index in [4.69, 9.17) is 9.47 Å². The predicted molar refractivity (Wildman–Crippen MR) is 105 cm³/mol. The molecule has 29 heavy (non-hydrogen) atoms. The highest BCUT2D eigenvalue weighted by molar-refractivity contribution is 7.90. The molecule has 1 aromatic rings. The van der Waals surface area contributed by atoms with Gasteiger partial charge in [0.2, 0.25) is 0 Å². The van der Waals surface area contributed by atoms with Crippen molar-refractivity contribution in [2.24, 2.45) is 0 Å². The van der Waals surface area contributed by atoms with Gasteiger partial charge in [-0.2, -0.15) is 0 Å². The fourth-order valence-corrected chi connectivity index (χ4v) is 4.56. The monoisotopic (exact) mass is 428 g/mol. The molecule has 0 saturated carbocycles. The fraction of sp³-hybridized carbons (Fsp3) is 0.632. The van der Waals surface area contributed by atoms with E-state index >= 15 is 0 Å². The van der Waals surface area contributed by atoms with E-state index in [-0.39, 0.29) is 29.7 Å². The molecule has 0 radical (unpaired) electrons. The number of benzene rings is 1. The first kappa shape index (κ1) is 21.8. The molecule has 2 saturated heterocycles. The molecule has 2 heterocycles. The Labute approximate surface area is 170 Å². The maximum absolute atomic E-state index is 11.8. The Kier molecular flexibility index (Phi) is 6.67. The first-order valence-electron chi connectivity index (χ1n) is 9.64. The maximum atomic E-state index is 11.8. The minimum absolute atomic E-state index is 0.108. The molecular weight excluding hydrogens is 400 g/mol. The van der Waals surface area contributed by atoms with Crippen molar-refractivity contribution in [2.75, 3.05) is 39.1 Å². The Bertz CT molecular complexity index is 824. The van der Waals surface area contributed by atoms with Crippen LogP contribution in [-0.4, -0.2) is 86.5 Å². The molecule has 1 aromatic carbocycles. The summed E-state index contributed by atoms with van der Waals surface area (Å²) in [4.78, 5) is 13.1. The predicted octanol–water partition coefficient (Wildman–Crippen LogP) is 0.721. The van der Waals surface area contributed by atoms with Crippen molar-refractivity contribution in [3.8, 4) is 5.75 Å². The molecular formula is C19H28N2O7S. The third-order valence-electron chi connectivity index (χ3n) is 5.47. The Morgan fingerprint density at radius 2 is 2.14 bits per heavy atom. The normalized spacial score (nSPS) is 22.3. The van der Waals surface area contributed by atoms with E-state index in [9.17, 15) is 23.4 Å². The van der Waals surface area contributed by atoms with Crippen LogP contribution < -0.4 is 10.1 Å². The van der Waals surface area contributed by atoms with Gasteiger partial charge in [-0.1, -0.05) is 6.07 Å². The summed E-state index contributed by atoms with van der Waals surface area (Å²) in [6, 6.07) is 5.66. The van der Waals surface area contributed by atoms with Gasteiger partial charge in [-0.05, 0) is 50.6 Å². The Balaban J connectivity index is 1.56. The van der Waals surface area contributed by atoms with Gasteiger partial charge in [0.25, 0.3) is 0 Å². The van der Waals surface area contributed by atoms with Crippen LogP contribution in [0.1, 0.15) is 19.3 Å². The minimum atomic E-state index is -3.37. The number of ether oxygens (including phenoxy) is 2. The Morgan fingerprint density at radius 3 is 2.79 bits per heavy atom. The van der Waals surface area contributed by atoms with Crippen LogP contribution in [0.4, 0.5) is 4.79 Å².